The van der Waals surface area contributed by atoms with Crippen molar-refractivity contribution < 1.29 is 4.79 Å². The highest BCUT2D eigenvalue weighted by molar-refractivity contribution is 7.21. The summed E-state index contributed by atoms with van der Waals surface area (Å²) in [4.78, 5) is 18.8. The lowest BCUT2D eigenvalue weighted by atomic mass is 9.95. The fraction of sp³-hybridized carbons (Fsp3) is 0.263. The summed E-state index contributed by atoms with van der Waals surface area (Å²) in [5.74, 6) is -0.276. The van der Waals surface area contributed by atoms with Crippen LogP contribution >= 0.6 is 22.7 Å². The van der Waals surface area contributed by atoms with E-state index in [0.717, 1.165) is 39.3 Å². The first-order valence-corrected chi connectivity index (χ1v) is 10.4. The van der Waals surface area contributed by atoms with E-state index in [0.29, 0.717) is 15.7 Å². The summed E-state index contributed by atoms with van der Waals surface area (Å²) < 4.78 is 0. The van der Waals surface area contributed by atoms with Gasteiger partial charge in [0.15, 0.2) is 0 Å². The number of nitrogens with two attached hydrogens (primary N) is 1. The zero-order chi connectivity index (χ0) is 19.0. The van der Waals surface area contributed by atoms with Gasteiger partial charge < -0.3 is 5.73 Å². The van der Waals surface area contributed by atoms with Crippen LogP contribution in [-0.4, -0.2) is 21.1 Å². The zero-order valence-corrected chi connectivity index (χ0v) is 16.5. The molecule has 0 fully saturated rings. The molecule has 3 N–H and O–H groups in total. The number of carbonyl (C=O) groups is 1. The number of aromatic nitrogens is 3. The number of amides is 1. The minimum Gasteiger partial charge on any atom is -0.397 e. The van der Waals surface area contributed by atoms with Crippen LogP contribution in [0, 0.1) is 0 Å². The van der Waals surface area contributed by atoms with Crippen LogP contribution in [0.2, 0.25) is 0 Å². The predicted molar refractivity (Wildman–Crippen MR) is 112 cm³/mol. The summed E-state index contributed by atoms with van der Waals surface area (Å²) in [6.45, 7) is 5.59. The first-order chi connectivity index (χ1) is 13.1. The lowest BCUT2D eigenvalue weighted by Gasteiger charge is -2.14. The highest BCUT2D eigenvalue weighted by Crippen LogP contribution is 2.36. The number of nitrogen functional groups attached to an aromatic ring is 1. The second-order valence-corrected chi connectivity index (χ2v) is 8.43. The number of thiophene rings is 1. The number of anilines is 2. The van der Waals surface area contributed by atoms with Gasteiger partial charge >= 0.3 is 0 Å². The van der Waals surface area contributed by atoms with E-state index in [2.05, 4.69) is 28.2 Å². The van der Waals surface area contributed by atoms with Crippen molar-refractivity contribution in [1.82, 2.24) is 15.2 Å². The first kappa shape index (κ1) is 17.8. The quantitative estimate of drug-likeness (QED) is 0.634. The number of rotatable bonds is 4. The van der Waals surface area contributed by atoms with Crippen LogP contribution in [0.1, 0.15) is 45.7 Å². The molecule has 0 atom stereocenters. The zero-order valence-electron chi connectivity index (χ0n) is 14.9. The lowest BCUT2D eigenvalue weighted by Crippen LogP contribution is -2.11. The Labute approximate surface area is 164 Å². The summed E-state index contributed by atoms with van der Waals surface area (Å²) in [5, 5.41) is 13.0. The predicted octanol–water partition coefficient (Wildman–Crippen LogP) is 4.45. The summed E-state index contributed by atoms with van der Waals surface area (Å²) >= 11 is 2.64. The van der Waals surface area contributed by atoms with Crippen LogP contribution in [0.15, 0.2) is 24.8 Å². The number of hydrogen-bond acceptors (Lipinski definition) is 7. The molecule has 0 bridgehead atoms. The molecule has 0 unspecified atom stereocenters. The van der Waals surface area contributed by atoms with Crippen molar-refractivity contribution in [3.8, 4) is 0 Å². The molecule has 27 heavy (non-hydrogen) atoms. The molecule has 0 aromatic carbocycles. The Morgan fingerprint density at radius 1 is 1.30 bits per heavy atom. The monoisotopic (exact) mass is 397 g/mol. The molecule has 0 saturated carbocycles. The minimum atomic E-state index is -0.276. The Hall–Kier alpha value is -2.58. The number of pyridine rings is 1. The summed E-state index contributed by atoms with van der Waals surface area (Å²) in [5.41, 5.74) is 10.1. The van der Waals surface area contributed by atoms with Crippen molar-refractivity contribution in [2.24, 2.45) is 0 Å². The summed E-state index contributed by atoms with van der Waals surface area (Å²) in [7, 11) is 0. The molecule has 0 spiro atoms. The highest BCUT2D eigenvalue weighted by Gasteiger charge is 2.21. The molecule has 3 heterocycles. The molecule has 0 saturated heterocycles. The third-order valence-corrected chi connectivity index (χ3v) is 6.64. The Bertz CT molecular complexity index is 1080. The molecule has 1 amide bonds. The number of carbonyl (C=O) groups excluding carboxylic acids is 1. The number of nitrogens with one attached hydrogen (secondary N) is 1. The van der Waals surface area contributed by atoms with Crippen LogP contribution in [0.25, 0.3) is 15.8 Å². The van der Waals surface area contributed by atoms with E-state index < -0.39 is 0 Å². The van der Waals surface area contributed by atoms with Crippen LogP contribution in [0.5, 0.6) is 0 Å². The largest absolute Gasteiger partial charge is 0.397 e. The first-order valence-electron chi connectivity index (χ1n) is 8.72. The van der Waals surface area contributed by atoms with Gasteiger partial charge in [-0.1, -0.05) is 30.1 Å². The van der Waals surface area contributed by atoms with Gasteiger partial charge in [-0.15, -0.1) is 21.5 Å². The van der Waals surface area contributed by atoms with E-state index >= 15 is 0 Å². The van der Waals surface area contributed by atoms with E-state index in [1.807, 2.05) is 13.0 Å². The molecule has 3 aromatic rings. The van der Waals surface area contributed by atoms with Gasteiger partial charge in [0, 0.05) is 11.1 Å². The summed E-state index contributed by atoms with van der Waals surface area (Å²) in [6, 6.07) is 2.10. The van der Waals surface area contributed by atoms with Crippen molar-refractivity contribution in [2.75, 3.05) is 11.1 Å². The van der Waals surface area contributed by atoms with Gasteiger partial charge in [0.25, 0.3) is 5.91 Å². The average molecular weight is 398 g/mol. The standard InChI is InChI=1S/C19H19N5OS2/c1-3-6-10(2)17-23-24-19(27-17)22-16(25)15-14(20)12-9-11-7-4-5-8-13(11)21-18(12)26-15/h3,6,9H,1,4-5,7-8,20H2,2H3,(H,22,24,25). The van der Waals surface area contributed by atoms with Crippen LogP contribution < -0.4 is 11.1 Å². The van der Waals surface area contributed by atoms with Crippen LogP contribution in [0.3, 0.4) is 0 Å². The van der Waals surface area contributed by atoms with Gasteiger partial charge in [0.05, 0.1) is 5.69 Å². The molecule has 0 radical (unpaired) electrons. The number of aryl methyl sites for hydroxylation is 2. The Morgan fingerprint density at radius 3 is 2.93 bits per heavy atom. The number of fused-ring (bicyclic) bond motifs is 2. The molecular weight excluding hydrogens is 378 g/mol. The van der Waals surface area contributed by atoms with E-state index in [9.17, 15) is 4.79 Å². The maximum atomic E-state index is 12.7. The molecule has 4 rings (SSSR count). The maximum Gasteiger partial charge on any atom is 0.269 e. The second-order valence-electron chi connectivity index (χ2n) is 6.45. The third kappa shape index (κ3) is 3.38. The van der Waals surface area contributed by atoms with Gasteiger partial charge in [-0.05, 0) is 49.8 Å². The molecule has 6 nitrogen and oxygen atoms in total. The van der Waals surface area contributed by atoms with Gasteiger partial charge in [-0.2, -0.15) is 0 Å². The minimum absolute atomic E-state index is 0.276. The fourth-order valence-corrected chi connectivity index (χ4v) is 4.87. The van der Waals surface area contributed by atoms with E-state index in [-0.39, 0.29) is 5.91 Å². The number of allylic oxidation sites excluding steroid dienone is 3. The Morgan fingerprint density at radius 2 is 2.11 bits per heavy atom. The number of hydrogen-bond donors (Lipinski definition) is 2. The Kier molecular flexibility index (Phi) is 4.75. The average Bonchev–Trinajstić information content (AvgIpc) is 3.25. The van der Waals surface area contributed by atoms with Gasteiger partial charge in [-0.3, -0.25) is 10.1 Å². The lowest BCUT2D eigenvalue weighted by molar-refractivity contribution is 0.103. The van der Waals surface area contributed by atoms with Crippen LogP contribution in [0.4, 0.5) is 10.8 Å². The fourth-order valence-electron chi connectivity index (χ4n) is 3.16. The van der Waals surface area contributed by atoms with E-state index in [1.54, 1.807) is 6.08 Å². The SMILES string of the molecule is C=CC=C(C)c1nnc(NC(=O)c2sc3nc4c(cc3c2N)CCCC4)s1. The van der Waals surface area contributed by atoms with Crippen molar-refractivity contribution in [3.63, 3.8) is 0 Å². The smallest absolute Gasteiger partial charge is 0.269 e. The normalized spacial score (nSPS) is 14.2. The van der Waals surface area contributed by atoms with Crippen molar-refractivity contribution in [3.05, 3.63) is 45.9 Å². The van der Waals surface area contributed by atoms with E-state index in [4.69, 9.17) is 10.7 Å². The third-order valence-electron chi connectivity index (χ3n) is 4.56. The summed E-state index contributed by atoms with van der Waals surface area (Å²) in [6.07, 6.45) is 7.91. The number of nitrogens with zero attached hydrogens (tertiary/aromatic N) is 3. The second kappa shape index (κ2) is 7.21. The Balaban J connectivity index is 1.62. The molecule has 138 valence electrons. The molecule has 8 heteroatoms. The molecule has 1 aliphatic carbocycles. The van der Waals surface area contributed by atoms with E-state index in [1.165, 1.54) is 41.1 Å². The molecule has 0 aliphatic heterocycles. The van der Waals surface area contributed by atoms with Crippen molar-refractivity contribution in [1.29, 1.82) is 0 Å². The topological polar surface area (TPSA) is 93.8 Å². The van der Waals surface area contributed by atoms with Gasteiger partial charge in [-0.25, -0.2) is 4.98 Å². The van der Waals surface area contributed by atoms with Gasteiger partial charge in [0.1, 0.15) is 14.7 Å². The van der Waals surface area contributed by atoms with Crippen molar-refractivity contribution >= 4 is 55.2 Å². The highest BCUT2D eigenvalue weighted by atomic mass is 32.1. The van der Waals surface area contributed by atoms with Gasteiger partial charge in [0.2, 0.25) is 5.13 Å². The molecule has 1 aliphatic rings. The molecule has 3 aromatic heterocycles. The maximum absolute atomic E-state index is 12.7. The van der Waals surface area contributed by atoms with Crippen LogP contribution in [-0.2, 0) is 12.8 Å². The molecular formula is C19H19N5OS2. The van der Waals surface area contributed by atoms with Crippen molar-refractivity contribution in [2.45, 2.75) is 32.6 Å².